The number of ether oxygens (including phenoxy) is 1. The van der Waals surface area contributed by atoms with Crippen LogP contribution in [0, 0.1) is 0 Å². The first kappa shape index (κ1) is 31.5. The molecule has 234 valence electrons. The van der Waals surface area contributed by atoms with E-state index in [4.69, 9.17) is 14.9 Å². The fourth-order valence-electron chi connectivity index (χ4n) is 6.02. The standard InChI is InChI=1S/C35H38N4O6/c1-22-10-9-19-39(22,33(36)42)32(41)31(25-11-7-6-8-12-25)38(34(43)45-35(3,4)5)28-16-13-24(14-17-28)30-21-26-20-27(37-23(2)40)15-18-29(26)44-30/h6-8,11-18,20-22,31H,9-10,19H2,1-5H3,(H2-,36,37,40,42)/p+1/t22-,31-,39?/m1/s1. The topological polar surface area (TPSA) is 132 Å². The van der Waals surface area contributed by atoms with Crippen LogP contribution >= 0.6 is 0 Å². The highest BCUT2D eigenvalue weighted by Crippen LogP contribution is 2.38. The molecule has 3 aromatic carbocycles. The molecule has 1 fully saturated rings. The fourth-order valence-corrected chi connectivity index (χ4v) is 6.02. The smallest absolute Gasteiger partial charge is 0.421 e. The molecule has 0 bridgehead atoms. The van der Waals surface area contributed by atoms with Crippen molar-refractivity contribution in [3.63, 3.8) is 0 Å². The van der Waals surface area contributed by atoms with Crippen LogP contribution in [0.1, 0.15) is 59.1 Å². The average molecular weight is 612 g/mol. The summed E-state index contributed by atoms with van der Waals surface area (Å²) in [6.07, 6.45) is 0.574. The Hall–Kier alpha value is -4.96. The third kappa shape index (κ3) is 6.32. The summed E-state index contributed by atoms with van der Waals surface area (Å²) in [5, 5.41) is 3.58. The van der Waals surface area contributed by atoms with Gasteiger partial charge in [0.25, 0.3) is 0 Å². The van der Waals surface area contributed by atoms with Crippen LogP contribution < -0.4 is 16.0 Å². The van der Waals surface area contributed by atoms with Gasteiger partial charge in [-0.2, -0.15) is 4.48 Å². The van der Waals surface area contributed by atoms with Gasteiger partial charge < -0.3 is 20.2 Å². The Morgan fingerprint density at radius 3 is 2.27 bits per heavy atom. The van der Waals surface area contributed by atoms with Gasteiger partial charge in [-0.1, -0.05) is 30.3 Å². The second kappa shape index (κ2) is 12.2. The number of amides is 5. The summed E-state index contributed by atoms with van der Waals surface area (Å²) in [6, 6.07) is 20.9. The van der Waals surface area contributed by atoms with E-state index in [2.05, 4.69) is 5.32 Å². The number of nitrogens with two attached hydrogens (primary N) is 1. The minimum absolute atomic E-state index is 0.168. The van der Waals surface area contributed by atoms with Gasteiger partial charge in [0.05, 0.1) is 6.54 Å². The third-order valence-corrected chi connectivity index (χ3v) is 8.14. The van der Waals surface area contributed by atoms with E-state index in [1.807, 2.05) is 25.1 Å². The van der Waals surface area contributed by atoms with E-state index in [0.29, 0.717) is 41.1 Å². The van der Waals surface area contributed by atoms with Crippen LogP contribution in [0.2, 0.25) is 0 Å². The quantitative estimate of drug-likeness (QED) is 0.223. The van der Waals surface area contributed by atoms with Crippen LogP contribution in [0.25, 0.3) is 22.3 Å². The largest absolute Gasteiger partial charge is 0.456 e. The molecule has 0 spiro atoms. The molecule has 5 rings (SSSR count). The van der Waals surface area contributed by atoms with E-state index in [0.717, 1.165) is 10.9 Å². The van der Waals surface area contributed by atoms with Crippen molar-refractivity contribution >= 4 is 46.3 Å². The van der Waals surface area contributed by atoms with Crippen molar-refractivity contribution in [3.05, 3.63) is 84.4 Å². The number of urea groups is 1. The average Bonchev–Trinajstić information content (AvgIpc) is 3.58. The first-order valence-electron chi connectivity index (χ1n) is 15.0. The highest BCUT2D eigenvalue weighted by molar-refractivity contribution is 5.99. The van der Waals surface area contributed by atoms with E-state index in [-0.39, 0.29) is 18.5 Å². The van der Waals surface area contributed by atoms with Gasteiger partial charge in [0, 0.05) is 42.1 Å². The number of imide groups is 1. The summed E-state index contributed by atoms with van der Waals surface area (Å²) in [4.78, 5) is 54.5. The molecular formula is C35H39N4O6+. The predicted molar refractivity (Wildman–Crippen MR) is 172 cm³/mol. The number of quaternary nitrogens is 1. The number of rotatable bonds is 6. The highest BCUT2D eigenvalue weighted by atomic mass is 16.6. The summed E-state index contributed by atoms with van der Waals surface area (Å²) in [6.45, 7) is 8.82. The molecule has 1 unspecified atom stereocenters. The Morgan fingerprint density at radius 1 is 1.00 bits per heavy atom. The van der Waals surface area contributed by atoms with Gasteiger partial charge in [-0.05, 0) is 81.8 Å². The number of likely N-dealkylation sites (tertiary alicyclic amines) is 1. The number of fused-ring (bicyclic) bond motifs is 1. The normalized spacial score (nSPS) is 18.7. The fraction of sp³-hybridized carbons (Fsp3) is 0.314. The van der Waals surface area contributed by atoms with E-state index in [9.17, 15) is 19.2 Å². The van der Waals surface area contributed by atoms with Crippen molar-refractivity contribution in [2.45, 2.75) is 65.1 Å². The molecule has 10 heteroatoms. The zero-order valence-corrected chi connectivity index (χ0v) is 26.2. The molecule has 45 heavy (non-hydrogen) atoms. The molecule has 5 amide bonds. The second-order valence-electron chi connectivity index (χ2n) is 12.5. The Morgan fingerprint density at radius 2 is 1.69 bits per heavy atom. The number of carbonyl (C=O) groups excluding carboxylic acids is 4. The predicted octanol–water partition coefficient (Wildman–Crippen LogP) is 7.15. The summed E-state index contributed by atoms with van der Waals surface area (Å²) >= 11 is 0. The maximum Gasteiger partial charge on any atom is 0.421 e. The van der Waals surface area contributed by atoms with Crippen LogP contribution in [-0.4, -0.2) is 46.6 Å². The third-order valence-electron chi connectivity index (χ3n) is 8.14. The summed E-state index contributed by atoms with van der Waals surface area (Å²) in [5.74, 6) is -0.0699. The maximum absolute atomic E-state index is 14.7. The van der Waals surface area contributed by atoms with E-state index in [1.165, 1.54) is 11.8 Å². The van der Waals surface area contributed by atoms with Gasteiger partial charge in [-0.15, -0.1) is 0 Å². The molecule has 2 heterocycles. The van der Waals surface area contributed by atoms with E-state index >= 15 is 0 Å². The zero-order chi connectivity index (χ0) is 32.5. The number of benzene rings is 3. The maximum atomic E-state index is 14.7. The molecule has 3 atom stereocenters. The van der Waals surface area contributed by atoms with Crippen LogP contribution in [0.5, 0.6) is 0 Å². The Labute approximate surface area is 262 Å². The lowest BCUT2D eigenvalue weighted by atomic mass is 10.0. The lowest BCUT2D eigenvalue weighted by molar-refractivity contribution is -0.784. The Bertz CT molecular complexity index is 1740. The van der Waals surface area contributed by atoms with Crippen LogP contribution in [-0.2, 0) is 14.3 Å². The number of anilines is 2. The number of hydrogen-bond acceptors (Lipinski definition) is 6. The molecule has 3 N–H and O–H groups in total. The van der Waals surface area contributed by atoms with Crippen molar-refractivity contribution in [1.82, 2.24) is 0 Å². The number of furan rings is 1. The van der Waals surface area contributed by atoms with Crippen molar-refractivity contribution in [2.75, 3.05) is 16.8 Å². The molecule has 0 aliphatic carbocycles. The van der Waals surface area contributed by atoms with E-state index in [1.54, 1.807) is 81.4 Å². The van der Waals surface area contributed by atoms with Crippen LogP contribution in [0.15, 0.2) is 83.3 Å². The van der Waals surface area contributed by atoms with Gasteiger partial charge in [-0.3, -0.25) is 9.69 Å². The molecule has 1 aliphatic rings. The lowest BCUT2D eigenvalue weighted by Crippen LogP contribution is -2.64. The van der Waals surface area contributed by atoms with Crippen molar-refractivity contribution in [2.24, 2.45) is 5.73 Å². The highest BCUT2D eigenvalue weighted by Gasteiger charge is 2.56. The Balaban J connectivity index is 1.60. The molecular weight excluding hydrogens is 572 g/mol. The summed E-state index contributed by atoms with van der Waals surface area (Å²) in [5.41, 5.74) is 8.06. The van der Waals surface area contributed by atoms with Gasteiger partial charge in [0.15, 0.2) is 6.04 Å². The van der Waals surface area contributed by atoms with Gasteiger partial charge in [0.1, 0.15) is 23.0 Å². The number of nitrogens with one attached hydrogen (secondary N) is 1. The number of hydrogen-bond donors (Lipinski definition) is 2. The first-order valence-corrected chi connectivity index (χ1v) is 15.0. The SMILES string of the molecule is CC(=O)Nc1ccc2oc(-c3ccc(N(C(=O)OC(C)(C)C)[C@@H](C(=O)[N+]4(C(N)=O)CCC[C@H]4C)c4ccccc4)cc3)cc2c1. The zero-order valence-electron chi connectivity index (χ0n) is 26.2. The van der Waals surface area contributed by atoms with Crippen molar-refractivity contribution < 1.29 is 32.8 Å². The van der Waals surface area contributed by atoms with Gasteiger partial charge >= 0.3 is 18.0 Å². The molecule has 4 aromatic rings. The molecule has 1 aromatic heterocycles. The second-order valence-corrected chi connectivity index (χ2v) is 12.5. The molecule has 1 saturated heterocycles. The number of nitrogens with zero attached hydrogens (tertiary/aromatic N) is 2. The monoisotopic (exact) mass is 611 g/mol. The van der Waals surface area contributed by atoms with E-state index < -0.39 is 34.2 Å². The molecule has 0 radical (unpaired) electrons. The molecule has 10 nitrogen and oxygen atoms in total. The lowest BCUT2D eigenvalue weighted by Gasteiger charge is -2.38. The van der Waals surface area contributed by atoms with Crippen molar-refractivity contribution in [1.29, 1.82) is 0 Å². The Kier molecular flexibility index (Phi) is 8.53. The minimum atomic E-state index is -1.20. The number of carbonyl (C=O) groups is 4. The van der Waals surface area contributed by atoms with Gasteiger partial charge in [-0.25, -0.2) is 14.4 Å². The van der Waals surface area contributed by atoms with Crippen LogP contribution in [0.4, 0.5) is 21.0 Å². The summed E-state index contributed by atoms with van der Waals surface area (Å²) in [7, 11) is 0. The van der Waals surface area contributed by atoms with Gasteiger partial charge in [0.2, 0.25) is 5.91 Å². The number of primary amides is 1. The first-order chi connectivity index (χ1) is 21.3. The molecule has 0 saturated carbocycles. The minimum Gasteiger partial charge on any atom is -0.456 e. The summed E-state index contributed by atoms with van der Waals surface area (Å²) < 4.78 is 11.4. The van der Waals surface area contributed by atoms with Crippen LogP contribution in [0.3, 0.4) is 0 Å². The molecule has 1 aliphatic heterocycles. The van der Waals surface area contributed by atoms with Crippen molar-refractivity contribution in [3.8, 4) is 11.3 Å².